The third kappa shape index (κ3) is 0.962. The molecule has 1 rings (SSSR count). The van der Waals surface area contributed by atoms with Gasteiger partial charge in [-0.3, -0.25) is 5.21 Å². The van der Waals surface area contributed by atoms with E-state index in [-0.39, 0.29) is 6.04 Å². The Morgan fingerprint density at radius 3 is 2.75 bits per heavy atom. The van der Waals surface area contributed by atoms with Crippen molar-refractivity contribution in [3.63, 3.8) is 0 Å². The number of hydrogen-bond acceptors (Lipinski definition) is 3. The number of hydrogen-bond donors (Lipinski definition) is 1. The molecule has 1 unspecified atom stereocenters. The average molecular weight is 149 g/mol. The first kappa shape index (κ1) is 6.32. The van der Waals surface area contributed by atoms with Crippen molar-refractivity contribution in [2.24, 2.45) is 0 Å². The zero-order chi connectivity index (χ0) is 6.15. The summed E-state index contributed by atoms with van der Waals surface area (Å²) in [5.41, 5.74) is 0. The van der Waals surface area contributed by atoms with Crippen molar-refractivity contribution < 1.29 is 5.21 Å². The van der Waals surface area contributed by atoms with Crippen LogP contribution < -0.4 is 0 Å². The minimum Gasteiger partial charge on any atom is -0.287 e. The topological polar surface area (TPSA) is 23.5 Å². The van der Waals surface area contributed by atoms with Gasteiger partial charge in [-0.15, -0.1) is 0 Å². The van der Waals surface area contributed by atoms with Gasteiger partial charge in [0.25, 0.3) is 0 Å². The average Bonchev–Trinajstić information content (AvgIpc) is 1.98. The van der Waals surface area contributed by atoms with Crippen LogP contribution in [-0.4, -0.2) is 26.4 Å². The molecule has 1 aliphatic heterocycles. The minimum absolute atomic E-state index is 0.201. The zero-order valence-electron chi connectivity index (χ0n) is 4.50. The van der Waals surface area contributed by atoms with Crippen molar-refractivity contribution in [1.82, 2.24) is 5.06 Å². The quantitative estimate of drug-likeness (QED) is 0.521. The summed E-state index contributed by atoms with van der Waals surface area (Å²) < 4.78 is 0.595. The van der Waals surface area contributed by atoms with Gasteiger partial charge in [-0.1, -0.05) is 24.0 Å². The Kier molecular flexibility index (Phi) is 1.74. The van der Waals surface area contributed by atoms with Gasteiger partial charge in [0.2, 0.25) is 0 Å². The van der Waals surface area contributed by atoms with Crippen molar-refractivity contribution in [2.45, 2.75) is 13.0 Å². The minimum atomic E-state index is 0.201. The lowest BCUT2D eigenvalue weighted by atomic mass is 10.4. The maximum Gasteiger partial charge on any atom is 0.160 e. The fourth-order valence-corrected chi connectivity index (χ4v) is 1.73. The van der Waals surface area contributed by atoms with E-state index >= 15 is 0 Å². The molecular weight excluding hydrogens is 142 g/mol. The van der Waals surface area contributed by atoms with Gasteiger partial charge in [0.15, 0.2) is 4.32 Å². The van der Waals surface area contributed by atoms with Crippen LogP contribution in [0.25, 0.3) is 0 Å². The molecule has 0 aromatic carbocycles. The second-order valence-electron chi connectivity index (χ2n) is 1.77. The Labute approximate surface area is 57.8 Å². The second kappa shape index (κ2) is 2.21. The number of hydroxylamine groups is 2. The highest BCUT2D eigenvalue weighted by molar-refractivity contribution is 8.23. The van der Waals surface area contributed by atoms with E-state index in [2.05, 4.69) is 0 Å². The molecule has 46 valence electrons. The summed E-state index contributed by atoms with van der Waals surface area (Å²) in [5, 5.41) is 10.1. The predicted octanol–water partition coefficient (Wildman–Crippen LogP) is 1.10. The highest BCUT2D eigenvalue weighted by Crippen LogP contribution is 2.20. The van der Waals surface area contributed by atoms with Crippen LogP contribution in [-0.2, 0) is 0 Å². The molecule has 0 bridgehead atoms. The standard InChI is InChI=1S/C4H7NOS2/c1-3-2-8-4(7)5(3)6/h3,6H,2H2,1H3. The van der Waals surface area contributed by atoms with Crippen LogP contribution in [0.4, 0.5) is 0 Å². The monoisotopic (exact) mass is 149 g/mol. The van der Waals surface area contributed by atoms with Gasteiger partial charge in [0, 0.05) is 5.75 Å². The number of thiocarbonyl (C=S) groups is 1. The Bertz CT molecular complexity index is 117. The summed E-state index contributed by atoms with van der Waals surface area (Å²) in [6, 6.07) is 0.201. The van der Waals surface area contributed by atoms with E-state index in [0.29, 0.717) is 4.32 Å². The van der Waals surface area contributed by atoms with Gasteiger partial charge < -0.3 is 0 Å². The van der Waals surface area contributed by atoms with Crippen molar-refractivity contribution in [2.75, 3.05) is 5.75 Å². The number of rotatable bonds is 0. The van der Waals surface area contributed by atoms with Gasteiger partial charge in [0.05, 0.1) is 6.04 Å². The summed E-state index contributed by atoms with van der Waals surface area (Å²) >= 11 is 6.28. The highest BCUT2D eigenvalue weighted by atomic mass is 32.2. The van der Waals surface area contributed by atoms with E-state index in [1.54, 1.807) is 0 Å². The summed E-state index contributed by atoms with van der Waals surface area (Å²) in [7, 11) is 0. The highest BCUT2D eigenvalue weighted by Gasteiger charge is 2.22. The normalized spacial score (nSPS) is 29.5. The molecule has 0 aromatic rings. The van der Waals surface area contributed by atoms with Crippen molar-refractivity contribution >= 4 is 28.3 Å². The first-order chi connectivity index (χ1) is 3.72. The molecule has 0 radical (unpaired) electrons. The maximum atomic E-state index is 8.94. The van der Waals surface area contributed by atoms with Crippen molar-refractivity contribution in [3.8, 4) is 0 Å². The Morgan fingerprint density at radius 2 is 2.62 bits per heavy atom. The van der Waals surface area contributed by atoms with Crippen LogP contribution in [0.5, 0.6) is 0 Å². The molecule has 0 aromatic heterocycles. The molecule has 1 heterocycles. The van der Waals surface area contributed by atoms with Gasteiger partial charge in [-0.25, -0.2) is 5.06 Å². The lowest BCUT2D eigenvalue weighted by Gasteiger charge is -2.11. The molecule has 2 nitrogen and oxygen atoms in total. The Hall–Kier alpha value is 0.200. The fraction of sp³-hybridized carbons (Fsp3) is 0.750. The van der Waals surface area contributed by atoms with Crippen LogP contribution in [0, 0.1) is 0 Å². The SMILES string of the molecule is CC1CSC(=S)N1O. The second-order valence-corrected chi connectivity index (χ2v) is 3.42. The molecule has 8 heavy (non-hydrogen) atoms. The first-order valence-electron chi connectivity index (χ1n) is 2.36. The third-order valence-electron chi connectivity index (χ3n) is 1.05. The van der Waals surface area contributed by atoms with Crippen LogP contribution in [0.3, 0.4) is 0 Å². The molecule has 0 aliphatic carbocycles. The van der Waals surface area contributed by atoms with Gasteiger partial charge in [-0.05, 0) is 6.92 Å². The Balaban J connectivity index is 2.56. The van der Waals surface area contributed by atoms with Gasteiger partial charge in [-0.2, -0.15) is 0 Å². The molecule has 1 aliphatic rings. The molecule has 1 atom stereocenters. The van der Waals surface area contributed by atoms with E-state index in [0.717, 1.165) is 10.8 Å². The fourth-order valence-electron chi connectivity index (χ4n) is 0.509. The molecular formula is C4H7NOS2. The van der Waals surface area contributed by atoms with Crippen molar-refractivity contribution in [1.29, 1.82) is 0 Å². The number of thioether (sulfide) groups is 1. The summed E-state index contributed by atoms with van der Waals surface area (Å²) in [5.74, 6) is 0.912. The molecule has 4 heteroatoms. The molecule has 1 fully saturated rings. The van der Waals surface area contributed by atoms with Crippen molar-refractivity contribution in [3.05, 3.63) is 0 Å². The summed E-state index contributed by atoms with van der Waals surface area (Å²) in [6.07, 6.45) is 0. The van der Waals surface area contributed by atoms with E-state index in [1.165, 1.54) is 11.8 Å². The van der Waals surface area contributed by atoms with Crippen LogP contribution >= 0.6 is 24.0 Å². The smallest absolute Gasteiger partial charge is 0.160 e. The van der Waals surface area contributed by atoms with E-state index in [1.807, 2.05) is 6.92 Å². The molecule has 0 spiro atoms. The number of nitrogens with zero attached hydrogens (tertiary/aromatic N) is 1. The van der Waals surface area contributed by atoms with Gasteiger partial charge >= 0.3 is 0 Å². The lowest BCUT2D eigenvalue weighted by Crippen LogP contribution is -2.26. The van der Waals surface area contributed by atoms with E-state index < -0.39 is 0 Å². The van der Waals surface area contributed by atoms with E-state index in [4.69, 9.17) is 17.4 Å². The van der Waals surface area contributed by atoms with Gasteiger partial charge in [0.1, 0.15) is 0 Å². The van der Waals surface area contributed by atoms with Crippen LogP contribution in [0.15, 0.2) is 0 Å². The largest absolute Gasteiger partial charge is 0.287 e. The summed E-state index contributed by atoms with van der Waals surface area (Å²) in [6.45, 7) is 1.94. The van der Waals surface area contributed by atoms with Crippen LogP contribution in [0.1, 0.15) is 6.92 Å². The third-order valence-corrected chi connectivity index (χ3v) is 2.68. The van der Waals surface area contributed by atoms with E-state index in [9.17, 15) is 0 Å². The van der Waals surface area contributed by atoms with Crippen LogP contribution in [0.2, 0.25) is 0 Å². The molecule has 1 saturated heterocycles. The zero-order valence-corrected chi connectivity index (χ0v) is 6.13. The molecule has 0 amide bonds. The molecule has 0 saturated carbocycles. The summed E-state index contributed by atoms with van der Waals surface area (Å²) in [4.78, 5) is 0. The lowest BCUT2D eigenvalue weighted by molar-refractivity contribution is -0.0300. The Morgan fingerprint density at radius 1 is 2.00 bits per heavy atom. The predicted molar refractivity (Wildman–Crippen MR) is 38.1 cm³/mol. The maximum absolute atomic E-state index is 8.94. The molecule has 1 N–H and O–H groups in total. The first-order valence-corrected chi connectivity index (χ1v) is 3.76.